The number of pyridine rings is 2. The molecule has 0 aliphatic heterocycles. The maximum Gasteiger partial charge on any atom is 0.260 e. The van der Waals surface area contributed by atoms with Crippen molar-refractivity contribution in [3.05, 3.63) is 90.3 Å². The van der Waals surface area contributed by atoms with Crippen LogP contribution in [0.5, 0.6) is 0 Å². The molecule has 7 nitrogen and oxygen atoms in total. The summed E-state index contributed by atoms with van der Waals surface area (Å²) < 4.78 is 24.8. The number of fused-ring (bicyclic) bond motifs is 1. The van der Waals surface area contributed by atoms with E-state index < -0.39 is 9.84 Å². The Bertz CT molecular complexity index is 1370. The van der Waals surface area contributed by atoms with Crippen molar-refractivity contribution in [1.29, 1.82) is 0 Å². The van der Waals surface area contributed by atoms with Gasteiger partial charge in [0.1, 0.15) is 5.82 Å². The Morgan fingerprint density at radius 2 is 1.81 bits per heavy atom. The van der Waals surface area contributed by atoms with E-state index in [4.69, 9.17) is 5.73 Å². The fraction of sp³-hybridized carbons (Fsp3) is 0.0870. The molecule has 156 valence electrons. The van der Waals surface area contributed by atoms with Gasteiger partial charge in [0, 0.05) is 24.0 Å². The van der Waals surface area contributed by atoms with Crippen molar-refractivity contribution >= 4 is 38.2 Å². The first-order valence-electron chi connectivity index (χ1n) is 9.49. The number of benzene rings is 2. The quantitative estimate of drug-likeness (QED) is 0.518. The number of anilines is 2. The van der Waals surface area contributed by atoms with E-state index in [0.717, 1.165) is 17.2 Å². The lowest BCUT2D eigenvalue weighted by Crippen LogP contribution is -2.31. The highest BCUT2D eigenvalue weighted by Gasteiger charge is 2.24. The highest BCUT2D eigenvalue weighted by molar-refractivity contribution is 7.90. The summed E-state index contributed by atoms with van der Waals surface area (Å²) in [6.45, 7) is 0.146. The first-order chi connectivity index (χ1) is 14.8. The van der Waals surface area contributed by atoms with Gasteiger partial charge in [0.25, 0.3) is 5.91 Å². The minimum Gasteiger partial charge on any atom is -0.384 e. The van der Waals surface area contributed by atoms with Crippen molar-refractivity contribution in [1.82, 2.24) is 9.97 Å². The molecule has 1 amide bonds. The van der Waals surface area contributed by atoms with Crippen LogP contribution in [0.15, 0.2) is 84.0 Å². The smallest absolute Gasteiger partial charge is 0.260 e. The van der Waals surface area contributed by atoms with E-state index in [9.17, 15) is 13.2 Å². The SMILES string of the molecule is CS(=O)(=O)c1ccccc1N(Cc1ccc2ccc(N)nc2c1)C(=O)c1cccnc1. The second-order valence-electron chi connectivity index (χ2n) is 7.14. The third-order valence-corrected chi connectivity index (χ3v) is 5.97. The minimum atomic E-state index is -3.57. The number of nitrogen functional groups attached to an aromatic ring is 1. The largest absolute Gasteiger partial charge is 0.384 e. The highest BCUT2D eigenvalue weighted by Crippen LogP contribution is 2.28. The Labute approximate surface area is 180 Å². The molecule has 0 spiro atoms. The number of nitrogens with two attached hydrogens (primary N) is 1. The second kappa shape index (κ2) is 8.16. The molecular weight excluding hydrogens is 412 g/mol. The van der Waals surface area contributed by atoms with Crippen molar-refractivity contribution in [2.24, 2.45) is 0 Å². The number of carbonyl (C=O) groups is 1. The molecule has 4 rings (SSSR count). The average molecular weight is 433 g/mol. The average Bonchev–Trinajstić information content (AvgIpc) is 2.77. The zero-order valence-electron chi connectivity index (χ0n) is 16.8. The van der Waals surface area contributed by atoms with E-state index in [1.54, 1.807) is 42.6 Å². The molecule has 0 fully saturated rings. The molecule has 0 unspecified atom stereocenters. The number of aromatic nitrogens is 2. The van der Waals surface area contributed by atoms with Gasteiger partial charge in [0.15, 0.2) is 9.84 Å². The zero-order chi connectivity index (χ0) is 22.0. The predicted octanol–water partition coefficient (Wildman–Crippen LogP) is 3.46. The van der Waals surface area contributed by atoms with E-state index in [0.29, 0.717) is 22.6 Å². The van der Waals surface area contributed by atoms with E-state index in [2.05, 4.69) is 9.97 Å². The lowest BCUT2D eigenvalue weighted by atomic mass is 10.1. The van der Waals surface area contributed by atoms with Gasteiger partial charge in [0.2, 0.25) is 0 Å². The molecule has 2 aromatic heterocycles. The second-order valence-corrected chi connectivity index (χ2v) is 9.12. The van der Waals surface area contributed by atoms with Gasteiger partial charge in [-0.15, -0.1) is 0 Å². The van der Waals surface area contributed by atoms with Crippen LogP contribution in [0.4, 0.5) is 11.5 Å². The maximum absolute atomic E-state index is 13.4. The Morgan fingerprint density at radius 3 is 2.55 bits per heavy atom. The van der Waals surface area contributed by atoms with Gasteiger partial charge in [-0.05, 0) is 48.0 Å². The minimum absolute atomic E-state index is 0.0791. The number of carbonyl (C=O) groups excluding carboxylic acids is 1. The maximum atomic E-state index is 13.4. The summed E-state index contributed by atoms with van der Waals surface area (Å²) in [4.78, 5) is 23.3. The van der Waals surface area contributed by atoms with Crippen molar-refractivity contribution < 1.29 is 13.2 Å². The van der Waals surface area contributed by atoms with Crippen molar-refractivity contribution in [3.8, 4) is 0 Å². The number of hydrogen-bond acceptors (Lipinski definition) is 6. The fourth-order valence-electron chi connectivity index (χ4n) is 3.36. The Morgan fingerprint density at radius 1 is 1.03 bits per heavy atom. The first-order valence-corrected chi connectivity index (χ1v) is 11.4. The third kappa shape index (κ3) is 4.39. The van der Waals surface area contributed by atoms with Crippen LogP contribution in [0.2, 0.25) is 0 Å². The van der Waals surface area contributed by atoms with Crippen molar-refractivity contribution in [2.45, 2.75) is 11.4 Å². The van der Waals surface area contributed by atoms with E-state index in [-0.39, 0.29) is 17.3 Å². The number of amides is 1. The van der Waals surface area contributed by atoms with Crippen molar-refractivity contribution in [2.75, 3.05) is 16.9 Å². The molecule has 31 heavy (non-hydrogen) atoms. The summed E-state index contributed by atoms with van der Waals surface area (Å²) in [6.07, 6.45) is 4.16. The summed E-state index contributed by atoms with van der Waals surface area (Å²) >= 11 is 0. The molecule has 0 bridgehead atoms. The molecule has 0 aliphatic carbocycles. The monoisotopic (exact) mass is 432 g/mol. The van der Waals surface area contributed by atoms with Crippen LogP contribution in [0, 0.1) is 0 Å². The first kappa shape index (κ1) is 20.5. The number of hydrogen-bond donors (Lipinski definition) is 1. The van der Waals surface area contributed by atoms with Crippen LogP contribution >= 0.6 is 0 Å². The Balaban J connectivity index is 1.83. The van der Waals surface area contributed by atoms with Crippen LogP contribution in [0.25, 0.3) is 10.9 Å². The molecule has 2 N–H and O–H groups in total. The normalized spacial score (nSPS) is 11.4. The number of nitrogens with zero attached hydrogens (tertiary/aromatic N) is 3. The lowest BCUT2D eigenvalue weighted by molar-refractivity contribution is 0.0984. The topological polar surface area (TPSA) is 106 Å². The highest BCUT2D eigenvalue weighted by atomic mass is 32.2. The Kier molecular flexibility index (Phi) is 5.39. The van der Waals surface area contributed by atoms with Gasteiger partial charge in [-0.25, -0.2) is 13.4 Å². The summed E-state index contributed by atoms with van der Waals surface area (Å²) in [5.74, 6) is 0.0418. The molecular formula is C23H20N4O3S. The molecule has 0 saturated carbocycles. The predicted molar refractivity (Wildman–Crippen MR) is 120 cm³/mol. The molecule has 8 heteroatoms. The van der Waals surface area contributed by atoms with E-state index in [1.807, 2.05) is 24.3 Å². The van der Waals surface area contributed by atoms with Crippen molar-refractivity contribution in [3.63, 3.8) is 0 Å². The van der Waals surface area contributed by atoms with Gasteiger partial charge in [-0.2, -0.15) is 0 Å². The van der Waals surface area contributed by atoms with E-state index in [1.165, 1.54) is 17.2 Å². The number of rotatable bonds is 5. The zero-order valence-corrected chi connectivity index (χ0v) is 17.6. The number of para-hydroxylation sites is 1. The summed E-state index contributed by atoms with van der Waals surface area (Å²) in [6, 6.07) is 19.0. The van der Waals surface area contributed by atoms with Gasteiger partial charge in [-0.3, -0.25) is 9.78 Å². The van der Waals surface area contributed by atoms with Crippen LogP contribution in [0.1, 0.15) is 15.9 Å². The molecule has 2 heterocycles. The molecule has 0 aliphatic rings. The summed E-state index contributed by atoms with van der Waals surface area (Å²) in [5, 5.41) is 0.916. The fourth-order valence-corrected chi connectivity index (χ4v) is 4.25. The van der Waals surface area contributed by atoms with Crippen LogP contribution in [-0.2, 0) is 16.4 Å². The molecule has 0 radical (unpaired) electrons. The summed E-state index contributed by atoms with van der Waals surface area (Å²) in [7, 11) is -3.57. The van der Waals surface area contributed by atoms with Gasteiger partial charge >= 0.3 is 0 Å². The van der Waals surface area contributed by atoms with Gasteiger partial charge in [0.05, 0.1) is 28.2 Å². The number of sulfone groups is 1. The molecule has 0 saturated heterocycles. The van der Waals surface area contributed by atoms with Crippen LogP contribution < -0.4 is 10.6 Å². The van der Waals surface area contributed by atoms with Crippen LogP contribution in [-0.4, -0.2) is 30.5 Å². The third-order valence-electron chi connectivity index (χ3n) is 4.83. The van der Waals surface area contributed by atoms with E-state index >= 15 is 0 Å². The molecule has 0 atom stereocenters. The summed E-state index contributed by atoms with van der Waals surface area (Å²) in [5.41, 5.74) is 7.95. The Hall–Kier alpha value is -3.78. The molecule has 4 aromatic rings. The van der Waals surface area contributed by atoms with Gasteiger partial charge < -0.3 is 10.6 Å². The van der Waals surface area contributed by atoms with Crippen LogP contribution in [0.3, 0.4) is 0 Å². The standard InChI is InChI=1S/C23H20N4O3S/c1-31(29,30)21-7-3-2-6-20(21)27(23(28)18-5-4-12-25-14-18)15-16-8-9-17-10-11-22(24)26-19(17)13-16/h2-14H,15H2,1H3,(H2,24,26). The van der Waals surface area contributed by atoms with Gasteiger partial charge in [-0.1, -0.05) is 24.3 Å². The molecule has 2 aromatic carbocycles. The lowest BCUT2D eigenvalue weighted by Gasteiger charge is -2.25.